The molecule has 0 aliphatic heterocycles. The number of amides is 1. The lowest BCUT2D eigenvalue weighted by molar-refractivity contribution is -0.118. The zero-order valence-electron chi connectivity index (χ0n) is 6.42. The molecule has 0 radical (unpaired) electrons. The molecule has 1 amide bonds. The van der Waals surface area contributed by atoms with Gasteiger partial charge in [0.25, 0.3) is 0 Å². The van der Waals surface area contributed by atoms with Crippen LogP contribution in [0.5, 0.6) is 0 Å². The van der Waals surface area contributed by atoms with Gasteiger partial charge in [-0.2, -0.15) is 0 Å². The average molecular weight is 153 g/mol. The van der Waals surface area contributed by atoms with Crippen molar-refractivity contribution in [3.05, 3.63) is 23.6 Å². The molecule has 3 heteroatoms. The van der Waals surface area contributed by atoms with Gasteiger partial charge in [-0.3, -0.25) is 4.79 Å². The summed E-state index contributed by atoms with van der Waals surface area (Å²) in [5, 5.41) is 11.7. The number of rotatable bonds is 1. The van der Waals surface area contributed by atoms with Gasteiger partial charge in [-0.1, -0.05) is 6.08 Å². The van der Waals surface area contributed by atoms with Crippen LogP contribution in [0.2, 0.25) is 0 Å². The highest BCUT2D eigenvalue weighted by atomic mass is 16.3. The summed E-state index contributed by atoms with van der Waals surface area (Å²) in [6.45, 7) is 1.42. The summed E-state index contributed by atoms with van der Waals surface area (Å²) >= 11 is 0. The minimum atomic E-state index is -0.155. The first kappa shape index (κ1) is 7.85. The van der Waals surface area contributed by atoms with E-state index in [2.05, 4.69) is 5.32 Å². The Hall–Kier alpha value is -1.25. The molecule has 0 saturated heterocycles. The van der Waals surface area contributed by atoms with Crippen LogP contribution in [-0.2, 0) is 4.79 Å². The van der Waals surface area contributed by atoms with E-state index in [0.717, 1.165) is 12.8 Å². The van der Waals surface area contributed by atoms with Crippen LogP contribution in [0.4, 0.5) is 0 Å². The van der Waals surface area contributed by atoms with Crippen molar-refractivity contribution in [2.45, 2.75) is 19.8 Å². The second kappa shape index (κ2) is 3.23. The van der Waals surface area contributed by atoms with Crippen molar-refractivity contribution in [1.82, 2.24) is 5.32 Å². The fourth-order valence-electron chi connectivity index (χ4n) is 0.967. The highest BCUT2D eigenvalue weighted by molar-refractivity contribution is 5.75. The average Bonchev–Trinajstić information content (AvgIpc) is 1.93. The number of aliphatic hydroxyl groups is 1. The van der Waals surface area contributed by atoms with Gasteiger partial charge in [0.05, 0.1) is 5.70 Å². The zero-order valence-corrected chi connectivity index (χ0v) is 6.42. The Kier molecular flexibility index (Phi) is 2.31. The number of allylic oxidation sites excluding steroid dienone is 2. The van der Waals surface area contributed by atoms with Gasteiger partial charge in [0.2, 0.25) is 5.91 Å². The molecule has 0 unspecified atom stereocenters. The molecule has 0 atom stereocenters. The van der Waals surface area contributed by atoms with Crippen LogP contribution in [-0.4, -0.2) is 11.0 Å². The van der Waals surface area contributed by atoms with Crippen LogP contribution in [0.15, 0.2) is 23.6 Å². The van der Waals surface area contributed by atoms with Gasteiger partial charge in [-0.05, 0) is 18.9 Å². The van der Waals surface area contributed by atoms with Gasteiger partial charge in [0.1, 0.15) is 5.76 Å². The van der Waals surface area contributed by atoms with E-state index in [4.69, 9.17) is 0 Å². The number of carbonyl (C=O) groups is 1. The van der Waals surface area contributed by atoms with Crippen molar-refractivity contribution in [3.8, 4) is 0 Å². The first-order chi connectivity index (χ1) is 5.20. The van der Waals surface area contributed by atoms with Crippen LogP contribution in [0, 0.1) is 0 Å². The predicted octanol–water partition coefficient (Wildman–Crippen LogP) is 1.24. The van der Waals surface area contributed by atoms with E-state index in [9.17, 15) is 9.90 Å². The fraction of sp³-hybridized carbons (Fsp3) is 0.375. The van der Waals surface area contributed by atoms with Crippen LogP contribution in [0.25, 0.3) is 0 Å². The zero-order chi connectivity index (χ0) is 8.27. The van der Waals surface area contributed by atoms with Crippen molar-refractivity contribution in [1.29, 1.82) is 0 Å². The summed E-state index contributed by atoms with van der Waals surface area (Å²) in [6, 6.07) is 0. The second-order valence-electron chi connectivity index (χ2n) is 2.47. The van der Waals surface area contributed by atoms with Gasteiger partial charge < -0.3 is 10.4 Å². The molecule has 0 aromatic carbocycles. The summed E-state index contributed by atoms with van der Waals surface area (Å²) in [5.41, 5.74) is 0.531. The molecule has 0 bridgehead atoms. The molecule has 0 aromatic heterocycles. The SMILES string of the molecule is CC(=O)NC1=CCCC=C1O. The molecule has 2 N–H and O–H groups in total. The molecule has 1 rings (SSSR count). The molecule has 0 heterocycles. The highest BCUT2D eigenvalue weighted by Crippen LogP contribution is 2.12. The second-order valence-corrected chi connectivity index (χ2v) is 2.47. The third kappa shape index (κ3) is 2.11. The molecular formula is C8H11NO2. The lowest BCUT2D eigenvalue weighted by Gasteiger charge is -2.10. The maximum atomic E-state index is 10.6. The quantitative estimate of drug-likeness (QED) is 0.595. The molecule has 0 aromatic rings. The van der Waals surface area contributed by atoms with Gasteiger partial charge in [-0.25, -0.2) is 0 Å². The highest BCUT2D eigenvalue weighted by Gasteiger charge is 2.07. The normalized spacial score (nSPS) is 16.8. The molecule has 1 aliphatic carbocycles. The summed E-state index contributed by atoms with van der Waals surface area (Å²) in [5.74, 6) is 0.0181. The lowest BCUT2D eigenvalue weighted by atomic mass is 10.1. The summed E-state index contributed by atoms with van der Waals surface area (Å²) < 4.78 is 0. The Bertz CT molecular complexity index is 228. The van der Waals surface area contributed by atoms with Crippen molar-refractivity contribution in [3.63, 3.8) is 0 Å². The number of carbonyl (C=O) groups excluding carboxylic acids is 1. The van der Waals surface area contributed by atoms with E-state index in [1.165, 1.54) is 6.92 Å². The first-order valence-electron chi connectivity index (χ1n) is 3.57. The van der Waals surface area contributed by atoms with Crippen molar-refractivity contribution in [2.75, 3.05) is 0 Å². The van der Waals surface area contributed by atoms with Crippen LogP contribution in [0.1, 0.15) is 19.8 Å². The number of hydrogen-bond acceptors (Lipinski definition) is 2. The molecule has 1 aliphatic rings. The summed E-state index contributed by atoms with van der Waals surface area (Å²) in [4.78, 5) is 10.6. The molecule has 3 nitrogen and oxygen atoms in total. The molecule has 0 saturated carbocycles. The summed E-state index contributed by atoms with van der Waals surface area (Å²) in [7, 11) is 0. The number of nitrogens with one attached hydrogen (secondary N) is 1. The third-order valence-electron chi connectivity index (χ3n) is 1.44. The minimum absolute atomic E-state index is 0.155. The van der Waals surface area contributed by atoms with Gasteiger partial charge in [0, 0.05) is 6.92 Å². The van der Waals surface area contributed by atoms with Crippen LogP contribution < -0.4 is 5.32 Å². The van der Waals surface area contributed by atoms with Crippen molar-refractivity contribution >= 4 is 5.91 Å². The van der Waals surface area contributed by atoms with E-state index in [1.807, 2.05) is 6.08 Å². The monoisotopic (exact) mass is 153 g/mol. The van der Waals surface area contributed by atoms with E-state index in [-0.39, 0.29) is 11.7 Å². The smallest absolute Gasteiger partial charge is 0.221 e. The third-order valence-corrected chi connectivity index (χ3v) is 1.44. The fourth-order valence-corrected chi connectivity index (χ4v) is 0.967. The van der Waals surface area contributed by atoms with E-state index < -0.39 is 0 Å². The molecular weight excluding hydrogens is 142 g/mol. The Morgan fingerprint density at radius 1 is 1.55 bits per heavy atom. The van der Waals surface area contributed by atoms with Gasteiger partial charge >= 0.3 is 0 Å². The maximum absolute atomic E-state index is 10.6. The van der Waals surface area contributed by atoms with E-state index >= 15 is 0 Å². The lowest BCUT2D eigenvalue weighted by Crippen LogP contribution is -2.21. The molecule has 60 valence electrons. The first-order valence-corrected chi connectivity index (χ1v) is 3.57. The van der Waals surface area contributed by atoms with E-state index in [1.54, 1.807) is 6.08 Å². The van der Waals surface area contributed by atoms with Gasteiger partial charge in [-0.15, -0.1) is 0 Å². The van der Waals surface area contributed by atoms with Gasteiger partial charge in [0.15, 0.2) is 0 Å². The number of aliphatic hydroxyl groups excluding tert-OH is 1. The molecule has 11 heavy (non-hydrogen) atoms. The summed E-state index contributed by atoms with van der Waals surface area (Å²) in [6.07, 6.45) is 5.23. The minimum Gasteiger partial charge on any atom is -0.506 e. The Balaban J connectivity index is 2.63. The molecule has 0 fully saturated rings. The van der Waals surface area contributed by atoms with Crippen LogP contribution in [0.3, 0.4) is 0 Å². The topological polar surface area (TPSA) is 49.3 Å². The van der Waals surface area contributed by atoms with Crippen molar-refractivity contribution in [2.24, 2.45) is 0 Å². The standard InChI is InChI=1S/C8H11NO2/c1-6(10)9-7-4-2-3-5-8(7)11/h4-5,11H,2-3H2,1H3,(H,9,10). The predicted molar refractivity (Wildman–Crippen MR) is 41.8 cm³/mol. The van der Waals surface area contributed by atoms with Crippen molar-refractivity contribution < 1.29 is 9.90 Å². The Morgan fingerprint density at radius 3 is 2.73 bits per heavy atom. The van der Waals surface area contributed by atoms with Crippen LogP contribution >= 0.6 is 0 Å². The Morgan fingerprint density at radius 2 is 2.18 bits per heavy atom. The maximum Gasteiger partial charge on any atom is 0.221 e. The number of hydrogen-bond donors (Lipinski definition) is 2. The Labute approximate surface area is 65.4 Å². The largest absolute Gasteiger partial charge is 0.506 e. The molecule has 0 spiro atoms. The van der Waals surface area contributed by atoms with E-state index in [0.29, 0.717) is 5.70 Å².